The van der Waals surface area contributed by atoms with Gasteiger partial charge in [0.25, 0.3) is 5.91 Å². The number of hydrogen-bond acceptors (Lipinski definition) is 6. The van der Waals surface area contributed by atoms with Crippen LogP contribution < -0.4 is 27.0 Å². The Kier molecular flexibility index (Phi) is 13.3. The highest BCUT2D eigenvalue weighted by atomic mass is 16.2. The van der Waals surface area contributed by atoms with Gasteiger partial charge in [-0.05, 0) is 44.4 Å². The van der Waals surface area contributed by atoms with Crippen molar-refractivity contribution in [3.05, 3.63) is 108 Å². The fourth-order valence-electron chi connectivity index (χ4n) is 5.68. The van der Waals surface area contributed by atoms with E-state index in [0.717, 1.165) is 11.1 Å². The summed E-state index contributed by atoms with van der Waals surface area (Å²) in [6, 6.07) is 22.0. The minimum atomic E-state index is -1.46. The number of nitrogens with two attached hydrogens (primary N) is 1. The van der Waals surface area contributed by atoms with Gasteiger partial charge in [0.1, 0.15) is 18.1 Å². The van der Waals surface area contributed by atoms with Gasteiger partial charge < -0.3 is 36.9 Å². The van der Waals surface area contributed by atoms with Crippen molar-refractivity contribution in [1.82, 2.24) is 31.2 Å². The van der Waals surface area contributed by atoms with Crippen LogP contribution in [-0.2, 0) is 36.9 Å². The summed E-state index contributed by atoms with van der Waals surface area (Å²) in [6.07, 6.45) is 0.808. The molecule has 6 amide bonds. The van der Waals surface area contributed by atoms with Crippen LogP contribution in [0.15, 0.2) is 91.1 Å². The highest BCUT2D eigenvalue weighted by Gasteiger charge is 2.32. The molecule has 13 heteroatoms. The maximum Gasteiger partial charge on any atom is 0.254 e. The van der Waals surface area contributed by atoms with E-state index in [1.54, 1.807) is 46.0 Å². The third-order valence-electron chi connectivity index (χ3n) is 8.21. The molecule has 3 aromatic carbocycles. The molecule has 0 aliphatic rings. The van der Waals surface area contributed by atoms with Gasteiger partial charge in [0.15, 0.2) is 0 Å². The molecule has 1 heterocycles. The highest BCUT2D eigenvalue weighted by molar-refractivity contribution is 6.08. The van der Waals surface area contributed by atoms with Crippen LogP contribution >= 0.6 is 0 Å². The Hall–Kier alpha value is -5.98. The van der Waals surface area contributed by atoms with Crippen molar-refractivity contribution in [1.29, 1.82) is 0 Å². The second-order valence-electron chi connectivity index (χ2n) is 13.8. The Morgan fingerprint density at radius 3 is 2.00 bits per heavy atom. The zero-order valence-electron chi connectivity index (χ0n) is 29.9. The molecule has 0 radical (unpaired) electrons. The number of primary amides is 1. The van der Waals surface area contributed by atoms with E-state index in [4.69, 9.17) is 5.73 Å². The average Bonchev–Trinajstić information content (AvgIpc) is 3.53. The molecule has 0 aliphatic heterocycles. The number of nitrogens with zero attached hydrogens (tertiary/aromatic N) is 1. The second kappa shape index (κ2) is 17.8. The summed E-state index contributed by atoms with van der Waals surface area (Å²) in [5.74, 6) is -3.73. The molecule has 52 heavy (non-hydrogen) atoms. The molecule has 1 aromatic heterocycles. The number of aromatic amines is 1. The second-order valence-corrected chi connectivity index (χ2v) is 13.8. The van der Waals surface area contributed by atoms with E-state index in [9.17, 15) is 28.8 Å². The normalized spacial score (nSPS) is 12.9. The molecular formula is C39H47N7O6. The van der Waals surface area contributed by atoms with Crippen molar-refractivity contribution in [2.24, 2.45) is 5.73 Å². The quantitative estimate of drug-likeness (QED) is 0.103. The molecule has 274 valence electrons. The van der Waals surface area contributed by atoms with Crippen LogP contribution in [0.2, 0.25) is 0 Å². The van der Waals surface area contributed by atoms with Crippen molar-refractivity contribution in [2.45, 2.75) is 76.7 Å². The standard InChI is InChI=1S/C39H47N7O6/c1-39(2,3)45-37(51)30(19-20-33(40)47)42-34(48)22-31(43-35(49)28-23-41-29-18-12-11-17-27(28)29)36(50)44-32(21-25-13-7-5-8-14-25)38(52)46(4)24-26-15-9-6-10-16-26/h5-18,23,30-32,41H,19-22,24H2,1-4H3,(H2,40,47)(H,42,48)(H,43,49)(H,44,50)(H,45,51)/t30?,31?,32-/m1/s1. The van der Waals surface area contributed by atoms with Gasteiger partial charge in [0.05, 0.1) is 12.0 Å². The summed E-state index contributed by atoms with van der Waals surface area (Å²) < 4.78 is 0. The van der Waals surface area contributed by atoms with Crippen LogP contribution in [0.25, 0.3) is 10.9 Å². The molecule has 4 rings (SSSR count). The number of para-hydroxylation sites is 1. The van der Waals surface area contributed by atoms with E-state index in [0.29, 0.717) is 10.9 Å². The van der Waals surface area contributed by atoms with Gasteiger partial charge in [-0.2, -0.15) is 0 Å². The van der Waals surface area contributed by atoms with Crippen molar-refractivity contribution in [3.63, 3.8) is 0 Å². The van der Waals surface area contributed by atoms with Gasteiger partial charge in [-0.15, -0.1) is 0 Å². The van der Waals surface area contributed by atoms with Gasteiger partial charge in [0, 0.05) is 49.1 Å². The van der Waals surface area contributed by atoms with Gasteiger partial charge in [-0.3, -0.25) is 28.8 Å². The fraction of sp³-hybridized carbons (Fsp3) is 0.333. The molecule has 7 N–H and O–H groups in total. The topological polar surface area (TPSA) is 196 Å². The Morgan fingerprint density at radius 2 is 1.37 bits per heavy atom. The third-order valence-corrected chi connectivity index (χ3v) is 8.21. The van der Waals surface area contributed by atoms with Crippen LogP contribution in [-0.4, -0.2) is 76.0 Å². The first-order valence-electron chi connectivity index (χ1n) is 17.1. The van der Waals surface area contributed by atoms with E-state index < -0.39 is 59.6 Å². The SMILES string of the molecule is CN(Cc1ccccc1)C(=O)[C@@H](Cc1ccccc1)NC(=O)C(CC(=O)NC(CCC(N)=O)C(=O)NC(C)(C)C)NC(=O)c1c[nH]c2ccccc12. The maximum absolute atomic E-state index is 14.1. The first-order valence-corrected chi connectivity index (χ1v) is 17.1. The van der Waals surface area contributed by atoms with E-state index >= 15 is 0 Å². The molecule has 0 aliphatic carbocycles. The number of carbonyl (C=O) groups excluding carboxylic acids is 6. The van der Waals surface area contributed by atoms with Crippen LogP contribution in [0.3, 0.4) is 0 Å². The lowest BCUT2D eigenvalue weighted by atomic mass is 10.0. The van der Waals surface area contributed by atoms with Gasteiger partial charge in [-0.1, -0.05) is 78.9 Å². The fourth-order valence-corrected chi connectivity index (χ4v) is 5.68. The summed E-state index contributed by atoms with van der Waals surface area (Å²) >= 11 is 0. The molecule has 2 unspecified atom stereocenters. The molecule has 13 nitrogen and oxygen atoms in total. The van der Waals surface area contributed by atoms with E-state index in [-0.39, 0.29) is 37.3 Å². The largest absolute Gasteiger partial charge is 0.370 e. The molecule has 4 aromatic rings. The van der Waals surface area contributed by atoms with Crippen molar-refractivity contribution >= 4 is 46.3 Å². The van der Waals surface area contributed by atoms with Crippen LogP contribution in [0.1, 0.15) is 61.5 Å². The zero-order valence-corrected chi connectivity index (χ0v) is 29.9. The predicted molar refractivity (Wildman–Crippen MR) is 197 cm³/mol. The lowest BCUT2D eigenvalue weighted by molar-refractivity contribution is -0.137. The molecule has 0 saturated heterocycles. The number of aromatic nitrogens is 1. The van der Waals surface area contributed by atoms with Crippen LogP contribution in [0.4, 0.5) is 0 Å². The summed E-state index contributed by atoms with van der Waals surface area (Å²) in [5.41, 5.74) is 7.32. The van der Waals surface area contributed by atoms with Gasteiger partial charge >= 0.3 is 0 Å². The average molecular weight is 710 g/mol. The Balaban J connectivity index is 1.61. The van der Waals surface area contributed by atoms with Crippen molar-refractivity contribution in [2.75, 3.05) is 7.05 Å². The number of amides is 6. The maximum atomic E-state index is 14.1. The van der Waals surface area contributed by atoms with Gasteiger partial charge in [0.2, 0.25) is 29.5 Å². The Labute approximate surface area is 303 Å². The Bertz CT molecular complexity index is 1870. The summed E-state index contributed by atoms with van der Waals surface area (Å²) in [7, 11) is 1.64. The zero-order chi connectivity index (χ0) is 37.8. The first-order chi connectivity index (χ1) is 24.7. The lowest BCUT2D eigenvalue weighted by Crippen LogP contribution is -2.56. The molecule has 0 spiro atoms. The summed E-state index contributed by atoms with van der Waals surface area (Å²) in [5, 5.41) is 11.5. The van der Waals surface area contributed by atoms with Crippen molar-refractivity contribution in [3.8, 4) is 0 Å². The Morgan fingerprint density at radius 1 is 0.750 bits per heavy atom. The number of likely N-dealkylation sites (N-methyl/N-ethyl adjacent to an activating group) is 1. The predicted octanol–water partition coefficient (Wildman–Crippen LogP) is 2.71. The minimum absolute atomic E-state index is 0.0804. The minimum Gasteiger partial charge on any atom is -0.370 e. The highest BCUT2D eigenvalue weighted by Crippen LogP contribution is 2.18. The summed E-state index contributed by atoms with van der Waals surface area (Å²) in [6.45, 7) is 5.59. The van der Waals surface area contributed by atoms with E-state index in [2.05, 4.69) is 26.3 Å². The molecular weight excluding hydrogens is 662 g/mol. The monoisotopic (exact) mass is 709 g/mol. The third kappa shape index (κ3) is 11.5. The smallest absolute Gasteiger partial charge is 0.254 e. The number of fused-ring (bicyclic) bond motifs is 1. The molecule has 0 bridgehead atoms. The number of benzene rings is 3. The molecule has 0 saturated carbocycles. The van der Waals surface area contributed by atoms with Gasteiger partial charge in [-0.25, -0.2) is 0 Å². The number of rotatable bonds is 16. The number of nitrogens with one attached hydrogen (secondary N) is 5. The lowest BCUT2D eigenvalue weighted by Gasteiger charge is -2.28. The number of carbonyl (C=O) groups is 6. The van der Waals surface area contributed by atoms with Crippen LogP contribution in [0.5, 0.6) is 0 Å². The summed E-state index contributed by atoms with van der Waals surface area (Å²) in [4.78, 5) is 84.5. The first kappa shape index (κ1) is 38.8. The molecule has 3 atom stereocenters. The number of hydrogen-bond donors (Lipinski definition) is 6. The van der Waals surface area contributed by atoms with Crippen LogP contribution in [0, 0.1) is 0 Å². The van der Waals surface area contributed by atoms with Crippen molar-refractivity contribution < 1.29 is 28.8 Å². The van der Waals surface area contributed by atoms with E-state index in [1.807, 2.05) is 66.7 Å². The molecule has 0 fully saturated rings. The number of H-pyrrole nitrogens is 1. The van der Waals surface area contributed by atoms with E-state index in [1.165, 1.54) is 11.1 Å².